The van der Waals surface area contributed by atoms with E-state index in [0.29, 0.717) is 17.2 Å². The molecule has 0 radical (unpaired) electrons. The van der Waals surface area contributed by atoms with E-state index >= 15 is 0 Å². The number of carbonyl (C=O) groups is 1. The molecule has 0 N–H and O–H groups in total. The Kier molecular flexibility index (Phi) is 4.14. The molecule has 2 aromatic carbocycles. The van der Waals surface area contributed by atoms with Crippen molar-refractivity contribution in [1.29, 1.82) is 0 Å². The molecule has 0 saturated carbocycles. The summed E-state index contributed by atoms with van der Waals surface area (Å²) in [5.41, 5.74) is 1.16. The van der Waals surface area contributed by atoms with Gasteiger partial charge < -0.3 is 9.15 Å². The molecule has 0 aliphatic rings. The molecule has 0 saturated heterocycles. The van der Waals surface area contributed by atoms with E-state index in [1.807, 2.05) is 0 Å². The van der Waals surface area contributed by atoms with Gasteiger partial charge in [0.05, 0.1) is 0 Å². The van der Waals surface area contributed by atoms with Crippen molar-refractivity contribution < 1.29 is 18.3 Å². The topological polar surface area (TPSA) is 65.2 Å². The minimum absolute atomic E-state index is 0.217. The first-order valence-electron chi connectivity index (χ1n) is 6.96. The average molecular weight is 312 g/mol. The van der Waals surface area contributed by atoms with Crippen LogP contribution in [-0.4, -0.2) is 22.1 Å². The molecule has 5 nitrogen and oxygen atoms in total. The van der Waals surface area contributed by atoms with Gasteiger partial charge in [0.15, 0.2) is 6.10 Å². The van der Waals surface area contributed by atoms with Crippen LogP contribution >= 0.6 is 0 Å². The first kappa shape index (κ1) is 14.9. The molecule has 1 aromatic heterocycles. The lowest BCUT2D eigenvalue weighted by Crippen LogP contribution is -2.23. The summed E-state index contributed by atoms with van der Waals surface area (Å²) in [7, 11) is 0. The van der Waals surface area contributed by atoms with Gasteiger partial charge in [-0.15, -0.1) is 10.2 Å². The second kappa shape index (κ2) is 6.39. The number of hydrogen-bond acceptors (Lipinski definition) is 5. The van der Waals surface area contributed by atoms with E-state index in [1.165, 1.54) is 30.7 Å². The summed E-state index contributed by atoms with van der Waals surface area (Å²) in [5.74, 6) is 0.348. The van der Waals surface area contributed by atoms with Crippen molar-refractivity contribution in [2.75, 3.05) is 0 Å². The van der Waals surface area contributed by atoms with E-state index < -0.39 is 6.10 Å². The average Bonchev–Trinajstić information content (AvgIpc) is 3.10. The normalized spacial score (nSPS) is 11.9. The summed E-state index contributed by atoms with van der Waals surface area (Å²) < 4.78 is 23.6. The van der Waals surface area contributed by atoms with Gasteiger partial charge in [-0.2, -0.15) is 0 Å². The molecule has 0 aliphatic carbocycles. The quantitative estimate of drug-likeness (QED) is 0.674. The molecule has 1 heterocycles. The van der Waals surface area contributed by atoms with Crippen molar-refractivity contribution >= 4 is 5.78 Å². The van der Waals surface area contributed by atoms with Crippen molar-refractivity contribution in [2.24, 2.45) is 0 Å². The standard InChI is InChI=1S/C17H13FN2O3/c1-11(16(21)12-2-6-14(18)7-3-12)23-15-8-4-13(5-9-15)17-20-19-10-22-17/h2-11H,1H3/t11-/m1/s1. The van der Waals surface area contributed by atoms with Crippen LogP contribution in [0.1, 0.15) is 17.3 Å². The van der Waals surface area contributed by atoms with Crippen LogP contribution in [0.5, 0.6) is 5.75 Å². The zero-order valence-corrected chi connectivity index (χ0v) is 12.3. The predicted molar refractivity (Wildman–Crippen MR) is 80.6 cm³/mol. The highest BCUT2D eigenvalue weighted by molar-refractivity contribution is 5.99. The summed E-state index contributed by atoms with van der Waals surface area (Å²) in [6.45, 7) is 1.65. The highest BCUT2D eigenvalue weighted by Crippen LogP contribution is 2.21. The molecule has 0 bridgehead atoms. The van der Waals surface area contributed by atoms with Crippen LogP contribution < -0.4 is 4.74 Å². The van der Waals surface area contributed by atoms with E-state index in [2.05, 4.69) is 10.2 Å². The number of rotatable bonds is 5. The Morgan fingerprint density at radius 1 is 1.13 bits per heavy atom. The molecule has 116 valence electrons. The molecule has 0 aliphatic heterocycles. The number of ketones is 1. The monoisotopic (exact) mass is 312 g/mol. The van der Waals surface area contributed by atoms with Crippen LogP contribution in [-0.2, 0) is 0 Å². The molecular weight excluding hydrogens is 299 g/mol. The first-order chi connectivity index (χ1) is 11.1. The number of hydrogen-bond donors (Lipinski definition) is 0. The number of aromatic nitrogens is 2. The van der Waals surface area contributed by atoms with Gasteiger partial charge in [0.2, 0.25) is 18.1 Å². The minimum atomic E-state index is -0.685. The van der Waals surface area contributed by atoms with E-state index in [9.17, 15) is 9.18 Å². The van der Waals surface area contributed by atoms with E-state index in [-0.39, 0.29) is 11.6 Å². The second-order valence-corrected chi connectivity index (χ2v) is 4.90. The highest BCUT2D eigenvalue weighted by atomic mass is 19.1. The number of carbonyl (C=O) groups excluding carboxylic acids is 1. The van der Waals surface area contributed by atoms with Crippen molar-refractivity contribution in [3.8, 4) is 17.2 Å². The van der Waals surface area contributed by atoms with Crippen LogP contribution in [0.2, 0.25) is 0 Å². The molecule has 3 rings (SSSR count). The number of nitrogens with zero attached hydrogens (tertiary/aromatic N) is 2. The predicted octanol–water partition coefficient (Wildman–Crippen LogP) is 3.53. The van der Waals surface area contributed by atoms with Gasteiger partial charge in [0.25, 0.3) is 0 Å². The highest BCUT2D eigenvalue weighted by Gasteiger charge is 2.17. The molecular formula is C17H13FN2O3. The van der Waals surface area contributed by atoms with Gasteiger partial charge >= 0.3 is 0 Å². The minimum Gasteiger partial charge on any atom is -0.483 e. The van der Waals surface area contributed by atoms with Crippen molar-refractivity contribution in [1.82, 2.24) is 10.2 Å². The van der Waals surface area contributed by atoms with Gasteiger partial charge in [0, 0.05) is 11.1 Å². The maximum Gasteiger partial charge on any atom is 0.247 e. The lowest BCUT2D eigenvalue weighted by Gasteiger charge is -2.14. The summed E-state index contributed by atoms with van der Waals surface area (Å²) in [4.78, 5) is 12.2. The smallest absolute Gasteiger partial charge is 0.247 e. The number of benzene rings is 2. The Hall–Kier alpha value is -3.02. The maximum atomic E-state index is 12.9. The van der Waals surface area contributed by atoms with E-state index in [4.69, 9.17) is 9.15 Å². The fourth-order valence-corrected chi connectivity index (χ4v) is 2.08. The van der Waals surface area contributed by atoms with E-state index in [1.54, 1.807) is 31.2 Å². The van der Waals surface area contributed by atoms with Gasteiger partial charge in [-0.25, -0.2) is 4.39 Å². The van der Waals surface area contributed by atoms with E-state index in [0.717, 1.165) is 5.56 Å². The SMILES string of the molecule is C[C@@H](Oc1ccc(-c2nnco2)cc1)C(=O)c1ccc(F)cc1. The fraction of sp³-hybridized carbons (Fsp3) is 0.118. The van der Waals surface area contributed by atoms with Crippen LogP contribution in [0.4, 0.5) is 4.39 Å². The Bertz CT molecular complexity index is 784. The zero-order valence-electron chi connectivity index (χ0n) is 12.3. The fourth-order valence-electron chi connectivity index (χ4n) is 2.08. The third-order valence-corrected chi connectivity index (χ3v) is 3.27. The lowest BCUT2D eigenvalue weighted by molar-refractivity contribution is 0.0818. The molecule has 0 fully saturated rings. The van der Waals surface area contributed by atoms with Crippen LogP contribution in [0.3, 0.4) is 0 Å². The number of ether oxygens (including phenoxy) is 1. The third kappa shape index (κ3) is 3.42. The Labute approximate surface area is 131 Å². The summed E-state index contributed by atoms with van der Waals surface area (Å²) in [6.07, 6.45) is 0.568. The Balaban J connectivity index is 1.68. The number of Topliss-reactive ketones (excluding diaryl/α,β-unsaturated/α-hetero) is 1. The van der Waals surface area contributed by atoms with Gasteiger partial charge in [-0.3, -0.25) is 4.79 Å². The first-order valence-corrected chi connectivity index (χ1v) is 6.96. The van der Waals surface area contributed by atoms with Gasteiger partial charge in [-0.1, -0.05) is 0 Å². The van der Waals surface area contributed by atoms with Gasteiger partial charge in [-0.05, 0) is 55.5 Å². The summed E-state index contributed by atoms with van der Waals surface area (Å²) >= 11 is 0. The summed E-state index contributed by atoms with van der Waals surface area (Å²) in [5, 5.41) is 7.42. The van der Waals surface area contributed by atoms with Crippen LogP contribution in [0.15, 0.2) is 59.3 Å². The van der Waals surface area contributed by atoms with Crippen molar-refractivity contribution in [3.05, 3.63) is 66.3 Å². The largest absolute Gasteiger partial charge is 0.483 e. The van der Waals surface area contributed by atoms with Crippen molar-refractivity contribution in [2.45, 2.75) is 13.0 Å². The lowest BCUT2D eigenvalue weighted by atomic mass is 10.1. The molecule has 23 heavy (non-hydrogen) atoms. The maximum absolute atomic E-state index is 12.9. The molecule has 6 heteroatoms. The van der Waals surface area contributed by atoms with Gasteiger partial charge in [0.1, 0.15) is 11.6 Å². The molecule has 0 spiro atoms. The molecule has 0 amide bonds. The molecule has 1 atom stereocenters. The zero-order chi connectivity index (χ0) is 16.2. The Morgan fingerprint density at radius 2 is 1.83 bits per heavy atom. The Morgan fingerprint density at radius 3 is 2.43 bits per heavy atom. The molecule has 3 aromatic rings. The molecule has 0 unspecified atom stereocenters. The van der Waals surface area contributed by atoms with Crippen LogP contribution in [0, 0.1) is 5.82 Å². The number of halogens is 1. The second-order valence-electron chi connectivity index (χ2n) is 4.90. The summed E-state index contributed by atoms with van der Waals surface area (Å²) in [6, 6.07) is 12.3. The van der Waals surface area contributed by atoms with Crippen molar-refractivity contribution in [3.63, 3.8) is 0 Å². The van der Waals surface area contributed by atoms with Crippen LogP contribution in [0.25, 0.3) is 11.5 Å². The third-order valence-electron chi connectivity index (χ3n) is 3.27.